The smallest absolute Gasteiger partial charge is 0.338 e. The maximum atomic E-state index is 13.6. The molecule has 0 aliphatic heterocycles. The molecule has 0 amide bonds. The van der Waals surface area contributed by atoms with Gasteiger partial charge in [-0.15, -0.1) is 0 Å². The molecule has 1 aromatic heterocycles. The molecule has 3 N–H and O–H groups in total. The van der Waals surface area contributed by atoms with Crippen molar-refractivity contribution in [2.45, 2.75) is 18.4 Å². The van der Waals surface area contributed by atoms with Crippen LogP contribution in [0.5, 0.6) is 0 Å². The molecular formula is C13H13FN2O4S. The topological polar surface area (TPSA) is 99.3 Å². The molecule has 6 nitrogen and oxygen atoms in total. The summed E-state index contributed by atoms with van der Waals surface area (Å²) in [5, 5.41) is 8.90. The zero-order valence-corrected chi connectivity index (χ0v) is 11.9. The van der Waals surface area contributed by atoms with Gasteiger partial charge in [0.25, 0.3) is 0 Å². The van der Waals surface area contributed by atoms with Gasteiger partial charge in [0.2, 0.25) is 10.0 Å². The molecular weight excluding hydrogens is 299 g/mol. The predicted molar refractivity (Wildman–Crippen MR) is 72.9 cm³/mol. The Balaban J connectivity index is 2.33. The van der Waals surface area contributed by atoms with E-state index < -0.39 is 27.4 Å². The molecule has 2 aromatic rings. The summed E-state index contributed by atoms with van der Waals surface area (Å²) in [5.74, 6) is -2.45. The van der Waals surface area contributed by atoms with Gasteiger partial charge in [-0.05, 0) is 36.2 Å². The molecule has 1 aromatic carbocycles. The Kier molecular flexibility index (Phi) is 4.10. The van der Waals surface area contributed by atoms with Crippen molar-refractivity contribution in [1.82, 2.24) is 9.71 Å². The van der Waals surface area contributed by atoms with Crippen molar-refractivity contribution in [2.24, 2.45) is 0 Å². The number of rotatable bonds is 5. The summed E-state index contributed by atoms with van der Waals surface area (Å²) >= 11 is 0. The van der Waals surface area contributed by atoms with Crippen LogP contribution in [0.1, 0.15) is 21.5 Å². The molecule has 0 saturated heterocycles. The molecule has 0 bridgehead atoms. The van der Waals surface area contributed by atoms with E-state index in [9.17, 15) is 17.6 Å². The lowest BCUT2D eigenvalue weighted by molar-refractivity contribution is 0.0691. The fourth-order valence-corrected chi connectivity index (χ4v) is 2.91. The van der Waals surface area contributed by atoms with E-state index in [-0.39, 0.29) is 17.0 Å². The molecule has 1 heterocycles. The largest absolute Gasteiger partial charge is 0.478 e. The maximum Gasteiger partial charge on any atom is 0.338 e. The van der Waals surface area contributed by atoms with Crippen molar-refractivity contribution in [3.8, 4) is 0 Å². The standard InChI is InChI=1S/C13H13FN2O4S/c1-8-4-10(5-11(12(8)14)13(17)18)21(19,20)16-7-9-2-3-15-6-9/h2-6,15-16H,7H2,1H3,(H,17,18). The number of aryl methyl sites for hydroxylation is 1. The second-order valence-electron chi connectivity index (χ2n) is 4.45. The molecule has 8 heteroatoms. The average Bonchev–Trinajstić information content (AvgIpc) is 2.92. The van der Waals surface area contributed by atoms with Crippen LogP contribution >= 0.6 is 0 Å². The summed E-state index contributed by atoms with van der Waals surface area (Å²) < 4.78 is 40.2. The van der Waals surface area contributed by atoms with E-state index in [0.29, 0.717) is 0 Å². The zero-order chi connectivity index (χ0) is 15.6. The number of aromatic carboxylic acids is 1. The highest BCUT2D eigenvalue weighted by molar-refractivity contribution is 7.89. The number of aromatic amines is 1. The van der Waals surface area contributed by atoms with E-state index in [1.165, 1.54) is 6.92 Å². The lowest BCUT2D eigenvalue weighted by Gasteiger charge is -2.09. The first-order valence-electron chi connectivity index (χ1n) is 5.96. The third-order valence-electron chi connectivity index (χ3n) is 2.90. The van der Waals surface area contributed by atoms with Crippen LogP contribution in [0.4, 0.5) is 4.39 Å². The summed E-state index contributed by atoms with van der Waals surface area (Å²) in [6.07, 6.45) is 3.27. The third-order valence-corrected chi connectivity index (χ3v) is 4.28. The summed E-state index contributed by atoms with van der Waals surface area (Å²) in [7, 11) is -3.93. The van der Waals surface area contributed by atoms with Crippen molar-refractivity contribution >= 4 is 16.0 Å². The quantitative estimate of drug-likeness (QED) is 0.781. The van der Waals surface area contributed by atoms with Gasteiger partial charge in [-0.1, -0.05) is 0 Å². The van der Waals surface area contributed by atoms with Gasteiger partial charge in [-0.2, -0.15) is 0 Å². The number of carboxylic acid groups (broad SMARTS) is 1. The van der Waals surface area contributed by atoms with Gasteiger partial charge < -0.3 is 10.1 Å². The Morgan fingerprint density at radius 2 is 2.14 bits per heavy atom. The van der Waals surface area contributed by atoms with E-state index in [1.807, 2.05) is 0 Å². The van der Waals surface area contributed by atoms with Crippen LogP contribution < -0.4 is 4.72 Å². The minimum atomic E-state index is -3.93. The number of hydrogen-bond acceptors (Lipinski definition) is 3. The third kappa shape index (κ3) is 3.29. The summed E-state index contributed by atoms with van der Waals surface area (Å²) in [6, 6.07) is 3.60. The summed E-state index contributed by atoms with van der Waals surface area (Å²) in [5.41, 5.74) is 0.00445. The van der Waals surface area contributed by atoms with Gasteiger partial charge in [0.15, 0.2) is 0 Å². The van der Waals surface area contributed by atoms with E-state index >= 15 is 0 Å². The zero-order valence-electron chi connectivity index (χ0n) is 11.1. The van der Waals surface area contributed by atoms with Crippen molar-refractivity contribution in [2.75, 3.05) is 0 Å². The molecule has 0 unspecified atom stereocenters. The molecule has 0 saturated carbocycles. The van der Waals surface area contributed by atoms with Gasteiger partial charge in [0.1, 0.15) is 5.82 Å². The number of carbonyl (C=O) groups is 1. The predicted octanol–water partition coefficient (Wildman–Crippen LogP) is 1.64. The van der Waals surface area contributed by atoms with Crippen LogP contribution in [-0.4, -0.2) is 24.5 Å². The molecule has 0 atom stereocenters. The molecule has 0 spiro atoms. The van der Waals surface area contributed by atoms with Gasteiger partial charge in [-0.25, -0.2) is 22.3 Å². The van der Waals surface area contributed by atoms with Crippen LogP contribution in [-0.2, 0) is 16.6 Å². The lowest BCUT2D eigenvalue weighted by Crippen LogP contribution is -2.23. The van der Waals surface area contributed by atoms with Gasteiger partial charge in [-0.3, -0.25) is 0 Å². The van der Waals surface area contributed by atoms with Crippen LogP contribution in [0, 0.1) is 12.7 Å². The maximum absolute atomic E-state index is 13.6. The van der Waals surface area contributed by atoms with Crippen molar-refractivity contribution < 1.29 is 22.7 Å². The number of carboxylic acids is 1. The average molecular weight is 312 g/mol. The second-order valence-corrected chi connectivity index (χ2v) is 6.22. The number of H-pyrrole nitrogens is 1. The number of sulfonamides is 1. The van der Waals surface area contributed by atoms with Crippen LogP contribution in [0.3, 0.4) is 0 Å². The van der Waals surface area contributed by atoms with E-state index in [2.05, 4.69) is 9.71 Å². The number of nitrogens with one attached hydrogen (secondary N) is 2. The normalized spacial score (nSPS) is 11.5. The van der Waals surface area contributed by atoms with Crippen molar-refractivity contribution in [1.29, 1.82) is 0 Å². The number of hydrogen-bond donors (Lipinski definition) is 3. The molecule has 21 heavy (non-hydrogen) atoms. The van der Waals surface area contributed by atoms with Gasteiger partial charge in [0.05, 0.1) is 10.5 Å². The molecule has 112 valence electrons. The highest BCUT2D eigenvalue weighted by atomic mass is 32.2. The Bertz CT molecular complexity index is 770. The highest BCUT2D eigenvalue weighted by Crippen LogP contribution is 2.19. The van der Waals surface area contributed by atoms with Crippen LogP contribution in [0.2, 0.25) is 0 Å². The number of halogens is 1. The second kappa shape index (κ2) is 5.66. The Morgan fingerprint density at radius 1 is 1.43 bits per heavy atom. The van der Waals surface area contributed by atoms with Crippen LogP contribution in [0.15, 0.2) is 35.5 Å². The molecule has 0 aliphatic rings. The molecule has 0 radical (unpaired) electrons. The lowest BCUT2D eigenvalue weighted by atomic mass is 10.1. The Hall–Kier alpha value is -2.19. The van der Waals surface area contributed by atoms with E-state index in [4.69, 9.17) is 5.11 Å². The minimum Gasteiger partial charge on any atom is -0.478 e. The fourth-order valence-electron chi connectivity index (χ4n) is 1.78. The first kappa shape index (κ1) is 15.2. The highest BCUT2D eigenvalue weighted by Gasteiger charge is 2.21. The van der Waals surface area contributed by atoms with Gasteiger partial charge in [0, 0.05) is 18.9 Å². The molecule has 0 fully saturated rings. The fraction of sp³-hybridized carbons (Fsp3) is 0.154. The first-order valence-corrected chi connectivity index (χ1v) is 7.44. The SMILES string of the molecule is Cc1cc(S(=O)(=O)NCc2cc[nH]c2)cc(C(=O)O)c1F. The van der Waals surface area contributed by atoms with Gasteiger partial charge >= 0.3 is 5.97 Å². The Morgan fingerprint density at radius 3 is 2.71 bits per heavy atom. The number of benzene rings is 1. The molecule has 0 aliphatic carbocycles. The minimum absolute atomic E-state index is 0.0445. The monoisotopic (exact) mass is 312 g/mol. The van der Waals surface area contributed by atoms with E-state index in [1.54, 1.807) is 18.5 Å². The van der Waals surface area contributed by atoms with Crippen molar-refractivity contribution in [3.63, 3.8) is 0 Å². The molecule has 2 rings (SSSR count). The summed E-state index contributed by atoms with van der Waals surface area (Å²) in [6.45, 7) is 1.36. The number of aromatic nitrogens is 1. The van der Waals surface area contributed by atoms with E-state index in [0.717, 1.165) is 17.7 Å². The Labute approximate surface area is 120 Å². The van der Waals surface area contributed by atoms with Crippen molar-refractivity contribution in [3.05, 3.63) is 53.1 Å². The first-order chi connectivity index (χ1) is 9.81. The summed E-state index contributed by atoms with van der Waals surface area (Å²) in [4.78, 5) is 13.4. The van der Waals surface area contributed by atoms with Crippen LogP contribution in [0.25, 0.3) is 0 Å².